The molecular weight excluding hydrogens is 468 g/mol. The van der Waals surface area contributed by atoms with Crippen molar-refractivity contribution in [3.63, 3.8) is 0 Å². The molecule has 1 amide bonds. The second-order valence-corrected chi connectivity index (χ2v) is 9.49. The van der Waals surface area contributed by atoms with Gasteiger partial charge in [0.15, 0.2) is 0 Å². The highest BCUT2D eigenvalue weighted by Crippen LogP contribution is 2.33. The van der Waals surface area contributed by atoms with Gasteiger partial charge in [-0.05, 0) is 48.2 Å². The molecule has 0 radical (unpaired) electrons. The van der Waals surface area contributed by atoms with Gasteiger partial charge in [0, 0.05) is 37.8 Å². The zero-order valence-corrected chi connectivity index (χ0v) is 18.9. The van der Waals surface area contributed by atoms with Gasteiger partial charge in [0.2, 0.25) is 10.0 Å². The van der Waals surface area contributed by atoms with E-state index < -0.39 is 10.0 Å². The van der Waals surface area contributed by atoms with Crippen LogP contribution in [0, 0.1) is 5.82 Å². The number of hydrogen-bond acceptors (Lipinski definition) is 4. The Morgan fingerprint density at radius 3 is 2.32 bits per heavy atom. The van der Waals surface area contributed by atoms with Crippen LogP contribution in [0.4, 0.5) is 4.39 Å². The molecule has 0 aromatic heterocycles. The van der Waals surface area contributed by atoms with Crippen molar-refractivity contribution < 1.29 is 23.1 Å². The summed E-state index contributed by atoms with van der Waals surface area (Å²) in [5.41, 5.74) is 2.13. The van der Waals surface area contributed by atoms with Crippen molar-refractivity contribution in [3.8, 4) is 0 Å². The van der Waals surface area contributed by atoms with Crippen molar-refractivity contribution >= 4 is 39.9 Å². The van der Waals surface area contributed by atoms with Crippen LogP contribution in [0.3, 0.4) is 0 Å². The van der Waals surface area contributed by atoms with Crippen LogP contribution in [-0.4, -0.2) is 48.7 Å². The van der Waals surface area contributed by atoms with E-state index in [2.05, 4.69) is 4.90 Å². The minimum atomic E-state index is -3.99. The van der Waals surface area contributed by atoms with Crippen LogP contribution in [0.25, 0.3) is 0 Å². The van der Waals surface area contributed by atoms with Gasteiger partial charge in [-0.2, -0.15) is 0 Å². The van der Waals surface area contributed by atoms with Crippen LogP contribution in [0.2, 0.25) is 5.02 Å². The molecule has 4 N–H and O–H groups in total. The summed E-state index contributed by atoms with van der Waals surface area (Å²) in [7, 11) is -3.99. The molecule has 0 unspecified atom stereocenters. The van der Waals surface area contributed by atoms with Crippen molar-refractivity contribution in [2.24, 2.45) is 5.14 Å². The Hall–Kier alpha value is -1.75. The predicted octanol–water partition coefficient (Wildman–Crippen LogP) is 2.34. The van der Waals surface area contributed by atoms with E-state index in [1.54, 1.807) is 17.0 Å². The predicted molar refractivity (Wildman–Crippen MR) is 118 cm³/mol. The number of piperidine rings is 1. The Balaban J connectivity index is 0.00000171. The number of amides is 1. The molecule has 2 aliphatic rings. The average Bonchev–Trinajstić information content (AvgIpc) is 2.98. The lowest BCUT2D eigenvalue weighted by Crippen LogP contribution is -2.44. The van der Waals surface area contributed by atoms with Crippen molar-refractivity contribution in [3.05, 3.63) is 63.9 Å². The van der Waals surface area contributed by atoms with E-state index in [0.29, 0.717) is 12.1 Å². The highest BCUT2D eigenvalue weighted by atomic mass is 35.5. The number of benzene rings is 2. The summed E-state index contributed by atoms with van der Waals surface area (Å²) in [6.45, 7) is 2.81. The van der Waals surface area contributed by atoms with Crippen molar-refractivity contribution in [1.82, 2.24) is 9.80 Å². The SMILES string of the molecule is Cl.NS(=O)(=O)c1cc2c(cc1Cl)CN(C1CCN(Cc3ccc(F)cc3)CC1)C2=O.O. The Bertz CT molecular complexity index is 1060. The molecule has 1 saturated heterocycles. The molecule has 0 atom stereocenters. The second-order valence-electron chi connectivity index (χ2n) is 7.55. The number of sulfonamides is 1. The Morgan fingerprint density at radius 1 is 1.13 bits per heavy atom. The number of hydrogen-bond donors (Lipinski definition) is 1. The third kappa shape index (κ3) is 5.36. The lowest BCUT2D eigenvalue weighted by atomic mass is 10.0. The maximum Gasteiger partial charge on any atom is 0.254 e. The van der Waals surface area contributed by atoms with E-state index in [-0.39, 0.29) is 45.6 Å². The minimum Gasteiger partial charge on any atom is -0.412 e. The van der Waals surface area contributed by atoms with Gasteiger partial charge < -0.3 is 10.4 Å². The van der Waals surface area contributed by atoms with Crippen LogP contribution < -0.4 is 5.14 Å². The first-order chi connectivity index (χ1) is 13.7. The first kappa shape index (κ1) is 25.5. The highest BCUT2D eigenvalue weighted by molar-refractivity contribution is 7.89. The fourth-order valence-corrected chi connectivity index (χ4v) is 5.21. The van der Waals surface area contributed by atoms with Gasteiger partial charge in [-0.1, -0.05) is 23.7 Å². The zero-order valence-electron chi connectivity index (χ0n) is 16.6. The molecule has 0 spiro atoms. The topological polar surface area (TPSA) is 115 Å². The Morgan fingerprint density at radius 2 is 1.74 bits per heavy atom. The molecule has 0 bridgehead atoms. The highest BCUT2D eigenvalue weighted by Gasteiger charge is 2.35. The number of nitrogens with zero attached hydrogens (tertiary/aromatic N) is 2. The third-order valence-corrected chi connectivity index (χ3v) is 6.99. The van der Waals surface area contributed by atoms with Crippen LogP contribution in [0.1, 0.15) is 34.3 Å². The molecule has 11 heteroatoms. The van der Waals surface area contributed by atoms with Crippen molar-refractivity contribution in [1.29, 1.82) is 0 Å². The Kier molecular flexibility index (Phi) is 8.07. The summed E-state index contributed by atoms with van der Waals surface area (Å²) in [6.07, 6.45) is 1.63. The first-order valence-corrected chi connectivity index (χ1v) is 11.3. The maximum absolute atomic E-state index is 13.1. The minimum absolute atomic E-state index is 0. The lowest BCUT2D eigenvalue weighted by Gasteiger charge is -2.36. The van der Waals surface area contributed by atoms with Gasteiger partial charge in [-0.3, -0.25) is 9.69 Å². The van der Waals surface area contributed by atoms with Crippen LogP contribution in [-0.2, 0) is 23.1 Å². The van der Waals surface area contributed by atoms with Crippen molar-refractivity contribution in [2.45, 2.75) is 36.9 Å². The number of primary sulfonamides is 1. The van der Waals surface area contributed by atoms with E-state index in [9.17, 15) is 17.6 Å². The smallest absolute Gasteiger partial charge is 0.254 e. The van der Waals surface area contributed by atoms with Crippen LogP contribution in [0.5, 0.6) is 0 Å². The molecule has 2 aromatic carbocycles. The van der Waals surface area contributed by atoms with Crippen LogP contribution in [0.15, 0.2) is 41.3 Å². The van der Waals surface area contributed by atoms with E-state index in [1.165, 1.54) is 24.3 Å². The lowest BCUT2D eigenvalue weighted by molar-refractivity contribution is 0.0590. The number of halogens is 3. The molecule has 0 saturated carbocycles. The van der Waals surface area contributed by atoms with Gasteiger partial charge in [0.25, 0.3) is 5.91 Å². The molecular formula is C20H24Cl2FN3O4S. The second kappa shape index (κ2) is 9.81. The van der Waals surface area contributed by atoms with E-state index >= 15 is 0 Å². The molecule has 4 rings (SSSR count). The molecule has 2 heterocycles. The van der Waals surface area contributed by atoms with E-state index in [0.717, 1.165) is 43.6 Å². The molecule has 7 nitrogen and oxygen atoms in total. The normalized spacial score (nSPS) is 17.1. The summed E-state index contributed by atoms with van der Waals surface area (Å²) < 4.78 is 36.4. The summed E-state index contributed by atoms with van der Waals surface area (Å²) >= 11 is 6.06. The quantitative estimate of drug-likeness (QED) is 0.706. The molecule has 1 fully saturated rings. The fraction of sp³-hybridized carbons (Fsp3) is 0.350. The molecule has 2 aromatic rings. The number of fused-ring (bicyclic) bond motifs is 1. The van der Waals surface area contributed by atoms with Gasteiger partial charge in [-0.15, -0.1) is 12.4 Å². The van der Waals surface area contributed by atoms with Crippen LogP contribution >= 0.6 is 24.0 Å². The summed E-state index contributed by atoms with van der Waals surface area (Å²) in [6, 6.07) is 9.39. The Labute approximate surface area is 191 Å². The number of carbonyl (C=O) groups is 1. The van der Waals surface area contributed by atoms with E-state index in [4.69, 9.17) is 16.7 Å². The molecule has 170 valence electrons. The zero-order chi connectivity index (χ0) is 20.8. The van der Waals surface area contributed by atoms with Gasteiger partial charge in [0.1, 0.15) is 10.7 Å². The van der Waals surface area contributed by atoms with Gasteiger partial charge >= 0.3 is 0 Å². The number of nitrogens with two attached hydrogens (primary N) is 1. The first-order valence-electron chi connectivity index (χ1n) is 9.35. The summed E-state index contributed by atoms with van der Waals surface area (Å²) in [5, 5.41) is 5.23. The molecule has 2 aliphatic heterocycles. The molecule has 0 aliphatic carbocycles. The largest absolute Gasteiger partial charge is 0.412 e. The maximum atomic E-state index is 13.1. The average molecular weight is 492 g/mol. The summed E-state index contributed by atoms with van der Waals surface area (Å²) in [5.74, 6) is -0.427. The van der Waals surface area contributed by atoms with E-state index in [1.807, 2.05) is 0 Å². The number of carbonyl (C=O) groups excluding carboxylic acids is 1. The monoisotopic (exact) mass is 491 g/mol. The third-order valence-electron chi connectivity index (χ3n) is 5.61. The number of rotatable bonds is 4. The fourth-order valence-electron chi connectivity index (χ4n) is 4.08. The molecule has 31 heavy (non-hydrogen) atoms. The van der Waals surface area contributed by atoms with Gasteiger partial charge in [-0.25, -0.2) is 17.9 Å². The standard InChI is InChI=1S/C20H21ClFN3O3S.ClH.H2O/c21-18-9-14-12-25(20(26)17(14)10-19(18)29(23,27)28)16-5-7-24(8-6-16)11-13-1-3-15(22)4-2-13;;/h1-4,9-10,16H,5-8,11-12H2,(H2,23,27,28);1H;1H2. The van der Waals surface area contributed by atoms with Gasteiger partial charge in [0.05, 0.1) is 5.02 Å². The summed E-state index contributed by atoms with van der Waals surface area (Å²) in [4.78, 5) is 16.7. The number of likely N-dealkylation sites (tertiary alicyclic amines) is 1. The van der Waals surface area contributed by atoms with Crippen molar-refractivity contribution in [2.75, 3.05) is 13.1 Å².